The molecule has 0 aliphatic carbocycles. The van der Waals surface area contributed by atoms with Gasteiger partial charge >= 0.3 is 5.97 Å². The smallest absolute Gasteiger partial charge is 0.313 e. The molecule has 1 atom stereocenters. The van der Waals surface area contributed by atoms with Crippen LogP contribution in [0.5, 0.6) is 0 Å². The molecule has 0 aromatic carbocycles. The molecule has 0 saturated heterocycles. The number of nitrogen functional groups attached to an aromatic ring is 1. The van der Waals surface area contributed by atoms with Gasteiger partial charge < -0.3 is 10.8 Å². The minimum absolute atomic E-state index is 0.0343. The number of anilines is 1. The fourth-order valence-electron chi connectivity index (χ4n) is 1.34. The van der Waals surface area contributed by atoms with E-state index < -0.39 is 5.97 Å². The van der Waals surface area contributed by atoms with Gasteiger partial charge in [0, 0.05) is 6.04 Å². The Morgan fingerprint density at radius 3 is 2.88 bits per heavy atom. The molecule has 0 aliphatic rings. The number of aromatic nitrogens is 3. The van der Waals surface area contributed by atoms with Gasteiger partial charge in [-0.15, -0.1) is 10.2 Å². The fourth-order valence-corrected chi connectivity index (χ4v) is 2.69. The van der Waals surface area contributed by atoms with Crippen molar-refractivity contribution in [1.29, 1.82) is 0 Å². The molecule has 0 aliphatic heterocycles. The highest BCUT2D eigenvalue weighted by molar-refractivity contribution is 7.99. The van der Waals surface area contributed by atoms with Gasteiger partial charge in [0.1, 0.15) is 0 Å². The zero-order valence-electron chi connectivity index (χ0n) is 9.79. The van der Waals surface area contributed by atoms with Crippen molar-refractivity contribution in [3.63, 3.8) is 0 Å². The molecular weight excluding hydrogens is 260 g/mol. The molecule has 0 amide bonds. The van der Waals surface area contributed by atoms with Crippen LogP contribution in [0.15, 0.2) is 5.16 Å². The van der Waals surface area contributed by atoms with Crippen molar-refractivity contribution in [1.82, 2.24) is 14.8 Å². The summed E-state index contributed by atoms with van der Waals surface area (Å²) in [6.45, 7) is 2.03. The van der Waals surface area contributed by atoms with Crippen LogP contribution in [0.1, 0.15) is 19.4 Å². The Hall–Kier alpha value is -0.890. The summed E-state index contributed by atoms with van der Waals surface area (Å²) in [5.41, 5.74) is 5.74. The molecule has 1 aromatic heterocycles. The summed E-state index contributed by atoms with van der Waals surface area (Å²) in [7, 11) is 0. The quantitative estimate of drug-likeness (QED) is 0.726. The second-order valence-corrected chi connectivity index (χ2v) is 5.45. The average Bonchev–Trinajstić information content (AvgIpc) is 2.64. The molecule has 96 valence electrons. The van der Waals surface area contributed by atoms with Gasteiger partial charge in [0.15, 0.2) is 5.16 Å². The van der Waals surface area contributed by atoms with Gasteiger partial charge in [-0.2, -0.15) is 11.8 Å². The molecule has 0 spiro atoms. The van der Waals surface area contributed by atoms with Gasteiger partial charge in [-0.3, -0.25) is 9.36 Å². The maximum atomic E-state index is 10.5. The molecule has 0 saturated carbocycles. The van der Waals surface area contributed by atoms with E-state index in [0.29, 0.717) is 11.1 Å². The lowest BCUT2D eigenvalue weighted by Crippen LogP contribution is -2.11. The summed E-state index contributed by atoms with van der Waals surface area (Å²) in [6, 6.07) is 0.175. The van der Waals surface area contributed by atoms with Gasteiger partial charge in [-0.25, -0.2) is 0 Å². The first kappa shape index (κ1) is 14.2. The molecule has 6 nitrogen and oxygen atoms in total. The molecule has 8 heteroatoms. The van der Waals surface area contributed by atoms with Crippen molar-refractivity contribution >= 4 is 35.4 Å². The maximum Gasteiger partial charge on any atom is 0.313 e. The third kappa shape index (κ3) is 4.12. The average molecular weight is 276 g/mol. The zero-order valence-corrected chi connectivity index (χ0v) is 11.4. The van der Waals surface area contributed by atoms with E-state index in [1.807, 2.05) is 13.2 Å². The van der Waals surface area contributed by atoms with Crippen molar-refractivity contribution < 1.29 is 9.90 Å². The molecule has 0 radical (unpaired) electrons. The van der Waals surface area contributed by atoms with Crippen LogP contribution in [-0.2, 0) is 4.79 Å². The summed E-state index contributed by atoms with van der Waals surface area (Å²) in [5, 5.41) is 16.9. The van der Waals surface area contributed by atoms with Crippen molar-refractivity contribution in [2.75, 3.05) is 23.5 Å². The van der Waals surface area contributed by atoms with E-state index in [1.54, 1.807) is 16.3 Å². The van der Waals surface area contributed by atoms with E-state index >= 15 is 0 Å². The predicted molar refractivity (Wildman–Crippen MR) is 70.5 cm³/mol. The SMILES string of the molecule is CSCCC(C)n1c(N)nnc1SCC(=O)O. The van der Waals surface area contributed by atoms with E-state index in [2.05, 4.69) is 10.2 Å². The third-order valence-electron chi connectivity index (χ3n) is 2.20. The highest BCUT2D eigenvalue weighted by atomic mass is 32.2. The lowest BCUT2D eigenvalue weighted by Gasteiger charge is -2.15. The number of rotatable bonds is 7. The van der Waals surface area contributed by atoms with Crippen LogP contribution >= 0.6 is 23.5 Å². The second-order valence-electron chi connectivity index (χ2n) is 3.52. The largest absolute Gasteiger partial charge is 0.481 e. The predicted octanol–water partition coefficient (Wildman–Crippen LogP) is 1.35. The van der Waals surface area contributed by atoms with Crippen molar-refractivity contribution in [2.45, 2.75) is 24.5 Å². The van der Waals surface area contributed by atoms with Gasteiger partial charge in [-0.05, 0) is 25.4 Å². The van der Waals surface area contributed by atoms with Gasteiger partial charge in [0.2, 0.25) is 5.95 Å². The van der Waals surface area contributed by atoms with Gasteiger partial charge in [-0.1, -0.05) is 11.8 Å². The monoisotopic (exact) mass is 276 g/mol. The van der Waals surface area contributed by atoms with E-state index in [4.69, 9.17) is 10.8 Å². The molecule has 3 N–H and O–H groups in total. The Bertz CT molecular complexity index is 383. The fraction of sp³-hybridized carbons (Fsp3) is 0.667. The molecule has 1 rings (SSSR count). The summed E-state index contributed by atoms with van der Waals surface area (Å²) >= 11 is 2.90. The number of nitrogens with zero attached hydrogens (tertiary/aromatic N) is 3. The van der Waals surface area contributed by atoms with Crippen LogP contribution in [0, 0.1) is 0 Å². The standard InChI is InChI=1S/C9H16N4O2S2/c1-6(3-4-16-2)13-8(10)11-12-9(13)17-5-7(14)15/h6H,3-5H2,1-2H3,(H2,10,11)(H,14,15). The van der Waals surface area contributed by atoms with Crippen LogP contribution < -0.4 is 5.73 Å². The van der Waals surface area contributed by atoms with Crippen LogP contribution in [0.25, 0.3) is 0 Å². The van der Waals surface area contributed by atoms with E-state index in [-0.39, 0.29) is 11.8 Å². The van der Waals surface area contributed by atoms with Crippen LogP contribution in [0.3, 0.4) is 0 Å². The minimum Gasteiger partial charge on any atom is -0.481 e. The number of carbonyl (C=O) groups is 1. The normalized spacial score (nSPS) is 12.6. The molecule has 1 aromatic rings. The number of carboxylic acids is 1. The number of thioether (sulfide) groups is 2. The Morgan fingerprint density at radius 1 is 1.59 bits per heavy atom. The summed E-state index contributed by atoms with van der Waals surface area (Å²) in [5.74, 6) is 0.446. The first-order chi connectivity index (χ1) is 8.06. The number of carboxylic acid groups (broad SMARTS) is 1. The van der Waals surface area contributed by atoms with Crippen LogP contribution in [0.2, 0.25) is 0 Å². The van der Waals surface area contributed by atoms with E-state index in [1.165, 1.54) is 0 Å². The maximum absolute atomic E-state index is 10.5. The Kier molecular flexibility index (Phi) is 5.63. The summed E-state index contributed by atoms with van der Waals surface area (Å²) < 4.78 is 1.80. The van der Waals surface area contributed by atoms with E-state index in [9.17, 15) is 4.79 Å². The molecule has 17 heavy (non-hydrogen) atoms. The Labute approximate surface area is 108 Å². The summed E-state index contributed by atoms with van der Waals surface area (Å²) in [6.07, 6.45) is 2.99. The zero-order chi connectivity index (χ0) is 12.8. The minimum atomic E-state index is -0.875. The summed E-state index contributed by atoms with van der Waals surface area (Å²) in [4.78, 5) is 10.5. The molecule has 1 heterocycles. The highest BCUT2D eigenvalue weighted by Crippen LogP contribution is 2.25. The van der Waals surface area contributed by atoms with Crippen LogP contribution in [0.4, 0.5) is 5.95 Å². The lowest BCUT2D eigenvalue weighted by molar-refractivity contribution is -0.133. The van der Waals surface area contributed by atoms with Crippen molar-refractivity contribution in [3.8, 4) is 0 Å². The topological polar surface area (TPSA) is 94.0 Å². The Morgan fingerprint density at radius 2 is 2.29 bits per heavy atom. The molecule has 1 unspecified atom stereocenters. The van der Waals surface area contributed by atoms with Crippen molar-refractivity contribution in [3.05, 3.63) is 0 Å². The second kappa shape index (κ2) is 6.75. The third-order valence-corrected chi connectivity index (χ3v) is 3.77. The lowest BCUT2D eigenvalue weighted by atomic mass is 10.2. The molecule has 0 bridgehead atoms. The molecular formula is C9H16N4O2S2. The molecule has 0 fully saturated rings. The van der Waals surface area contributed by atoms with Gasteiger partial charge in [0.25, 0.3) is 0 Å². The van der Waals surface area contributed by atoms with Crippen LogP contribution in [-0.4, -0.2) is 43.6 Å². The number of nitrogens with two attached hydrogens (primary N) is 1. The highest BCUT2D eigenvalue weighted by Gasteiger charge is 2.16. The first-order valence-corrected chi connectivity index (χ1v) is 7.48. The Balaban J connectivity index is 2.74. The van der Waals surface area contributed by atoms with Crippen molar-refractivity contribution in [2.24, 2.45) is 0 Å². The van der Waals surface area contributed by atoms with Gasteiger partial charge in [0.05, 0.1) is 5.75 Å². The number of aliphatic carboxylic acids is 1. The van der Waals surface area contributed by atoms with E-state index in [0.717, 1.165) is 23.9 Å². The first-order valence-electron chi connectivity index (χ1n) is 5.10. The number of hydrogen-bond donors (Lipinski definition) is 2. The number of hydrogen-bond acceptors (Lipinski definition) is 6.